The van der Waals surface area contributed by atoms with Gasteiger partial charge in [-0.05, 0) is 18.8 Å². The molecule has 0 heterocycles. The predicted molar refractivity (Wildman–Crippen MR) is 37.7 cm³/mol. The third kappa shape index (κ3) is 0.872. The molecule has 0 aromatic heterocycles. The first-order chi connectivity index (χ1) is 5.25. The molecular weight excluding hydrogens is 144 g/mol. The lowest BCUT2D eigenvalue weighted by Crippen LogP contribution is -2.14. The van der Waals surface area contributed by atoms with Crippen LogP contribution in [0.5, 0.6) is 0 Å². The van der Waals surface area contributed by atoms with Crippen LogP contribution < -0.4 is 0 Å². The summed E-state index contributed by atoms with van der Waals surface area (Å²) < 4.78 is 4.61. The first-order valence-electron chi connectivity index (χ1n) is 4.01. The van der Waals surface area contributed by atoms with Crippen LogP contribution in [-0.4, -0.2) is 24.3 Å². The summed E-state index contributed by atoms with van der Waals surface area (Å²) in [5, 5.41) is 9.35. The topological polar surface area (TPSA) is 46.5 Å². The van der Waals surface area contributed by atoms with E-state index in [0.29, 0.717) is 5.92 Å². The quantitative estimate of drug-likeness (QED) is 0.551. The van der Waals surface area contributed by atoms with Crippen LogP contribution in [0.15, 0.2) is 0 Å². The van der Waals surface area contributed by atoms with E-state index in [9.17, 15) is 9.90 Å². The normalized spacial score (nSPS) is 46.7. The molecule has 0 saturated heterocycles. The molecule has 3 heteroatoms. The van der Waals surface area contributed by atoms with Crippen molar-refractivity contribution in [1.29, 1.82) is 0 Å². The number of rotatable bonds is 1. The number of hydrogen-bond donors (Lipinski definition) is 1. The van der Waals surface area contributed by atoms with Gasteiger partial charge in [0, 0.05) is 5.92 Å². The molecule has 0 bridgehead atoms. The number of ether oxygens (including phenoxy) is 1. The Morgan fingerprint density at radius 3 is 2.73 bits per heavy atom. The smallest absolute Gasteiger partial charge is 0.309 e. The Hall–Kier alpha value is -0.570. The number of hydrogen-bond acceptors (Lipinski definition) is 3. The minimum absolute atomic E-state index is 0.0174. The molecule has 62 valence electrons. The van der Waals surface area contributed by atoms with Crippen LogP contribution in [0.2, 0.25) is 0 Å². The van der Waals surface area contributed by atoms with E-state index in [1.165, 1.54) is 7.11 Å². The van der Waals surface area contributed by atoms with Crippen LogP contribution in [0.3, 0.4) is 0 Å². The molecule has 2 rings (SSSR count). The fourth-order valence-corrected chi connectivity index (χ4v) is 2.32. The Balaban J connectivity index is 1.99. The summed E-state index contributed by atoms with van der Waals surface area (Å²) in [7, 11) is 1.41. The number of esters is 1. The molecule has 0 aliphatic heterocycles. The van der Waals surface area contributed by atoms with Gasteiger partial charge in [-0.2, -0.15) is 0 Å². The van der Waals surface area contributed by atoms with E-state index in [4.69, 9.17) is 0 Å². The van der Waals surface area contributed by atoms with E-state index in [-0.39, 0.29) is 23.9 Å². The van der Waals surface area contributed by atoms with Gasteiger partial charge in [0.25, 0.3) is 0 Å². The third-order valence-corrected chi connectivity index (χ3v) is 2.94. The zero-order valence-electron chi connectivity index (χ0n) is 6.49. The second-order valence-electron chi connectivity index (χ2n) is 3.43. The Labute approximate surface area is 65.4 Å². The standard InChI is InChI=1S/C8H12O3/c1-11-8(10)7-4-2-3-5(9)6(4)7/h4-7,9H,2-3H2,1H3/t4-,5+,6-,7?/m1/s1. The average Bonchev–Trinajstić information content (AvgIpc) is 2.63. The zero-order chi connectivity index (χ0) is 8.01. The van der Waals surface area contributed by atoms with E-state index in [0.717, 1.165) is 12.8 Å². The zero-order valence-corrected chi connectivity index (χ0v) is 6.49. The summed E-state index contributed by atoms with van der Waals surface area (Å²) in [5.41, 5.74) is 0. The Bertz CT molecular complexity index is 190. The van der Waals surface area contributed by atoms with Gasteiger partial charge in [0.1, 0.15) is 0 Å². The van der Waals surface area contributed by atoms with Crippen molar-refractivity contribution in [3.8, 4) is 0 Å². The molecule has 0 amide bonds. The molecule has 1 unspecified atom stereocenters. The molecule has 3 nitrogen and oxygen atoms in total. The largest absolute Gasteiger partial charge is 0.469 e. The summed E-state index contributed by atoms with van der Waals surface area (Å²) in [6.07, 6.45) is 1.61. The second kappa shape index (κ2) is 2.21. The molecule has 0 aromatic carbocycles. The molecule has 0 aromatic rings. The number of aliphatic hydroxyl groups excluding tert-OH is 1. The lowest BCUT2D eigenvalue weighted by Gasteiger charge is -2.05. The monoisotopic (exact) mass is 156 g/mol. The third-order valence-electron chi connectivity index (χ3n) is 2.94. The van der Waals surface area contributed by atoms with Crippen molar-refractivity contribution in [1.82, 2.24) is 0 Å². The van der Waals surface area contributed by atoms with E-state index < -0.39 is 0 Å². The van der Waals surface area contributed by atoms with Crippen molar-refractivity contribution >= 4 is 5.97 Å². The van der Waals surface area contributed by atoms with Crippen LogP contribution in [0, 0.1) is 17.8 Å². The van der Waals surface area contributed by atoms with E-state index in [1.807, 2.05) is 0 Å². The molecular formula is C8H12O3. The Morgan fingerprint density at radius 1 is 1.55 bits per heavy atom. The molecule has 2 aliphatic rings. The highest BCUT2D eigenvalue weighted by molar-refractivity contribution is 5.76. The van der Waals surface area contributed by atoms with Crippen molar-refractivity contribution in [2.75, 3.05) is 7.11 Å². The van der Waals surface area contributed by atoms with Crippen molar-refractivity contribution in [2.45, 2.75) is 18.9 Å². The van der Waals surface area contributed by atoms with E-state index in [1.54, 1.807) is 0 Å². The Morgan fingerprint density at radius 2 is 2.27 bits per heavy atom. The van der Waals surface area contributed by atoms with Crippen LogP contribution in [-0.2, 0) is 9.53 Å². The van der Waals surface area contributed by atoms with Gasteiger partial charge in [-0.3, -0.25) is 4.79 Å². The van der Waals surface area contributed by atoms with Gasteiger partial charge in [0.2, 0.25) is 0 Å². The molecule has 0 radical (unpaired) electrons. The molecule has 2 aliphatic carbocycles. The predicted octanol–water partition coefficient (Wildman–Crippen LogP) is 0.176. The minimum atomic E-state index is -0.246. The Kier molecular flexibility index (Phi) is 1.42. The number of fused-ring (bicyclic) bond motifs is 1. The van der Waals surface area contributed by atoms with Crippen molar-refractivity contribution in [2.24, 2.45) is 17.8 Å². The maximum atomic E-state index is 11.0. The lowest BCUT2D eigenvalue weighted by atomic mass is 10.1. The summed E-state index contributed by atoms with van der Waals surface area (Å²) in [4.78, 5) is 11.0. The number of aliphatic hydroxyl groups is 1. The summed E-state index contributed by atoms with van der Waals surface area (Å²) in [6.45, 7) is 0. The highest BCUT2D eigenvalue weighted by Gasteiger charge is 2.61. The van der Waals surface area contributed by atoms with Gasteiger partial charge in [0.15, 0.2) is 0 Å². The second-order valence-corrected chi connectivity index (χ2v) is 3.43. The molecule has 0 spiro atoms. The van der Waals surface area contributed by atoms with Gasteiger partial charge in [-0.1, -0.05) is 0 Å². The fourth-order valence-electron chi connectivity index (χ4n) is 2.32. The average molecular weight is 156 g/mol. The van der Waals surface area contributed by atoms with Crippen LogP contribution in [0.4, 0.5) is 0 Å². The maximum Gasteiger partial charge on any atom is 0.309 e. The molecule has 1 N–H and O–H groups in total. The number of carbonyl (C=O) groups excluding carboxylic acids is 1. The maximum absolute atomic E-state index is 11.0. The van der Waals surface area contributed by atoms with Gasteiger partial charge >= 0.3 is 5.97 Å². The van der Waals surface area contributed by atoms with Gasteiger partial charge in [-0.15, -0.1) is 0 Å². The van der Waals surface area contributed by atoms with Crippen LogP contribution >= 0.6 is 0 Å². The SMILES string of the molecule is COC(=O)C1[C@H]2[C@@H](O)CC[C@@H]12. The van der Waals surface area contributed by atoms with Crippen molar-refractivity contribution in [3.05, 3.63) is 0 Å². The van der Waals surface area contributed by atoms with Gasteiger partial charge in [0.05, 0.1) is 19.1 Å². The van der Waals surface area contributed by atoms with Crippen LogP contribution in [0.25, 0.3) is 0 Å². The van der Waals surface area contributed by atoms with Crippen molar-refractivity contribution in [3.63, 3.8) is 0 Å². The van der Waals surface area contributed by atoms with E-state index in [2.05, 4.69) is 4.74 Å². The minimum Gasteiger partial charge on any atom is -0.469 e. The number of methoxy groups -OCH3 is 1. The highest BCUT2D eigenvalue weighted by Crippen LogP contribution is 2.57. The molecule has 4 atom stereocenters. The molecule has 11 heavy (non-hydrogen) atoms. The highest BCUT2D eigenvalue weighted by atomic mass is 16.5. The first-order valence-corrected chi connectivity index (χ1v) is 4.01. The lowest BCUT2D eigenvalue weighted by molar-refractivity contribution is -0.143. The van der Waals surface area contributed by atoms with Crippen LogP contribution in [0.1, 0.15) is 12.8 Å². The fraction of sp³-hybridized carbons (Fsp3) is 0.875. The summed E-state index contributed by atoms with van der Waals surface area (Å²) in [5.74, 6) is 0.530. The van der Waals surface area contributed by atoms with E-state index >= 15 is 0 Å². The molecule has 2 fully saturated rings. The van der Waals surface area contributed by atoms with Gasteiger partial charge in [-0.25, -0.2) is 0 Å². The van der Waals surface area contributed by atoms with Crippen molar-refractivity contribution < 1.29 is 14.6 Å². The summed E-state index contributed by atoms with van der Waals surface area (Å²) in [6, 6.07) is 0. The first kappa shape index (κ1) is 7.10. The summed E-state index contributed by atoms with van der Waals surface area (Å²) >= 11 is 0. The molecule has 2 saturated carbocycles. The van der Waals surface area contributed by atoms with Gasteiger partial charge < -0.3 is 9.84 Å². The number of carbonyl (C=O) groups is 1.